The first kappa shape index (κ1) is 20.5. The van der Waals surface area contributed by atoms with Crippen LogP contribution in [0.15, 0.2) is 52.3 Å². The number of ether oxygens (including phenoxy) is 1. The van der Waals surface area contributed by atoms with Gasteiger partial charge in [-0.25, -0.2) is 12.8 Å². The van der Waals surface area contributed by atoms with Crippen LogP contribution in [0.25, 0.3) is 0 Å². The smallest absolute Gasteiger partial charge is 0.319 e. The number of halogens is 1. The molecule has 3 rings (SSSR count). The molecule has 2 aromatic rings. The minimum absolute atomic E-state index is 0.108. The summed E-state index contributed by atoms with van der Waals surface area (Å²) in [5.41, 5.74) is 2.04. The van der Waals surface area contributed by atoms with E-state index in [-0.39, 0.29) is 28.2 Å². The Hall–Kier alpha value is -2.25. The lowest BCUT2D eigenvalue weighted by atomic mass is 9.83. The van der Waals surface area contributed by atoms with Crippen molar-refractivity contribution in [1.29, 1.82) is 0 Å². The molecular formula is C21H24FNO4S. The number of aryl methyl sites for hydroxylation is 1. The van der Waals surface area contributed by atoms with Crippen LogP contribution in [-0.2, 0) is 25.8 Å². The van der Waals surface area contributed by atoms with E-state index < -0.39 is 15.7 Å². The lowest BCUT2D eigenvalue weighted by Crippen LogP contribution is -2.30. The number of rotatable bonds is 7. The Kier molecular flexibility index (Phi) is 6.46. The summed E-state index contributed by atoms with van der Waals surface area (Å²) in [6, 6.07) is 10.4. The van der Waals surface area contributed by atoms with Gasteiger partial charge >= 0.3 is 5.97 Å². The van der Waals surface area contributed by atoms with Crippen LogP contribution < -0.4 is 5.32 Å². The van der Waals surface area contributed by atoms with Crippen molar-refractivity contribution in [3.63, 3.8) is 0 Å². The molecule has 0 bridgehead atoms. The van der Waals surface area contributed by atoms with Crippen LogP contribution in [0.2, 0.25) is 0 Å². The quantitative estimate of drug-likeness (QED) is 0.716. The molecule has 2 aromatic carbocycles. The van der Waals surface area contributed by atoms with Crippen molar-refractivity contribution < 1.29 is 22.3 Å². The lowest BCUT2D eigenvalue weighted by molar-refractivity contribution is -0.142. The number of sulfone groups is 1. The van der Waals surface area contributed by atoms with Crippen LogP contribution in [0.1, 0.15) is 36.8 Å². The minimum atomic E-state index is -3.91. The summed E-state index contributed by atoms with van der Waals surface area (Å²) in [5, 5.41) is 3.12. The van der Waals surface area contributed by atoms with E-state index in [2.05, 4.69) is 5.32 Å². The Labute approximate surface area is 164 Å². The van der Waals surface area contributed by atoms with Gasteiger partial charge in [-0.15, -0.1) is 0 Å². The van der Waals surface area contributed by atoms with Gasteiger partial charge in [0.2, 0.25) is 9.84 Å². The molecule has 0 heterocycles. The summed E-state index contributed by atoms with van der Waals surface area (Å²) in [6.45, 7) is 2.89. The van der Waals surface area contributed by atoms with Crippen LogP contribution in [0, 0.1) is 5.82 Å². The molecular weight excluding hydrogens is 381 g/mol. The molecule has 28 heavy (non-hydrogen) atoms. The van der Waals surface area contributed by atoms with Crippen LogP contribution >= 0.6 is 0 Å². The Balaban J connectivity index is 1.79. The molecule has 7 heteroatoms. The summed E-state index contributed by atoms with van der Waals surface area (Å²) < 4.78 is 44.6. The first-order valence-electron chi connectivity index (χ1n) is 9.42. The molecule has 0 saturated carbocycles. The Morgan fingerprint density at radius 1 is 1.25 bits per heavy atom. The molecule has 1 N–H and O–H groups in total. The third kappa shape index (κ3) is 4.42. The van der Waals surface area contributed by atoms with Crippen LogP contribution in [-0.4, -0.2) is 34.1 Å². The highest BCUT2D eigenvalue weighted by molar-refractivity contribution is 7.91. The highest BCUT2D eigenvalue weighted by atomic mass is 32.2. The van der Waals surface area contributed by atoms with E-state index in [9.17, 15) is 17.6 Å². The van der Waals surface area contributed by atoms with Crippen molar-refractivity contribution >= 4 is 15.8 Å². The minimum Gasteiger partial charge on any atom is -0.465 e. The van der Waals surface area contributed by atoms with E-state index in [4.69, 9.17) is 4.74 Å². The zero-order valence-corrected chi connectivity index (χ0v) is 16.6. The second-order valence-electron chi connectivity index (χ2n) is 6.82. The van der Waals surface area contributed by atoms with Crippen molar-refractivity contribution in [2.75, 3.05) is 19.7 Å². The van der Waals surface area contributed by atoms with Crippen molar-refractivity contribution in [3.05, 3.63) is 59.4 Å². The number of carbonyl (C=O) groups is 1. The molecule has 0 fully saturated rings. The van der Waals surface area contributed by atoms with Gasteiger partial charge in [0.25, 0.3) is 0 Å². The standard InChI is InChI=1S/C21H24FNO4S/c1-2-27-21(24)14-23-13-16-7-5-6-15-12-17(10-11-18(15)16)28(25,26)20-9-4-3-8-19(20)22/h3-4,8-12,16,23H,2,5-7,13-14H2,1H3. The molecule has 0 amide bonds. The normalized spacial score (nSPS) is 16.4. The molecule has 5 nitrogen and oxygen atoms in total. The zero-order valence-electron chi connectivity index (χ0n) is 15.8. The lowest BCUT2D eigenvalue weighted by Gasteiger charge is -2.26. The van der Waals surface area contributed by atoms with Crippen molar-refractivity contribution in [2.45, 2.75) is 41.9 Å². The first-order valence-corrected chi connectivity index (χ1v) is 10.9. The molecule has 0 radical (unpaired) electrons. The maximum atomic E-state index is 14.0. The maximum Gasteiger partial charge on any atom is 0.319 e. The molecule has 0 saturated heterocycles. The predicted molar refractivity (Wildman–Crippen MR) is 103 cm³/mol. The molecule has 0 spiro atoms. The van der Waals surface area contributed by atoms with Gasteiger partial charge < -0.3 is 10.1 Å². The number of esters is 1. The molecule has 150 valence electrons. The van der Waals surface area contributed by atoms with E-state index in [1.807, 2.05) is 6.07 Å². The SMILES string of the molecule is CCOC(=O)CNCC1CCCc2cc(S(=O)(=O)c3ccccc3F)ccc21. The van der Waals surface area contributed by atoms with Gasteiger partial charge in [0, 0.05) is 6.54 Å². The zero-order chi connectivity index (χ0) is 20.1. The molecule has 1 aliphatic rings. The molecule has 1 aliphatic carbocycles. The van der Waals surface area contributed by atoms with Crippen LogP contribution in [0.5, 0.6) is 0 Å². The summed E-state index contributed by atoms with van der Waals surface area (Å²) >= 11 is 0. The van der Waals surface area contributed by atoms with Gasteiger partial charge in [-0.3, -0.25) is 4.79 Å². The maximum absolute atomic E-state index is 14.0. The Morgan fingerprint density at radius 2 is 2.04 bits per heavy atom. The molecule has 0 aromatic heterocycles. The van der Waals surface area contributed by atoms with Gasteiger partial charge in [-0.2, -0.15) is 0 Å². The Bertz CT molecular complexity index is 959. The highest BCUT2D eigenvalue weighted by Crippen LogP contribution is 2.34. The van der Waals surface area contributed by atoms with Crippen LogP contribution in [0.4, 0.5) is 4.39 Å². The predicted octanol–water partition coefficient (Wildman–Crippen LogP) is 3.23. The highest BCUT2D eigenvalue weighted by Gasteiger charge is 2.25. The first-order chi connectivity index (χ1) is 13.4. The number of fused-ring (bicyclic) bond motifs is 1. The van der Waals surface area contributed by atoms with E-state index in [0.29, 0.717) is 13.2 Å². The van der Waals surface area contributed by atoms with E-state index in [0.717, 1.165) is 36.5 Å². The van der Waals surface area contributed by atoms with Crippen molar-refractivity contribution in [3.8, 4) is 0 Å². The fourth-order valence-corrected chi connectivity index (χ4v) is 5.00. The second-order valence-corrected chi connectivity index (χ2v) is 8.74. The summed E-state index contributed by atoms with van der Waals surface area (Å²) in [4.78, 5) is 11.3. The summed E-state index contributed by atoms with van der Waals surface area (Å²) in [5.74, 6) is -0.838. The number of nitrogens with one attached hydrogen (secondary N) is 1. The van der Waals surface area contributed by atoms with E-state index in [1.54, 1.807) is 19.1 Å². The van der Waals surface area contributed by atoms with E-state index in [1.165, 1.54) is 18.2 Å². The van der Waals surface area contributed by atoms with Gasteiger partial charge in [0.05, 0.1) is 18.0 Å². The average Bonchev–Trinajstić information content (AvgIpc) is 2.68. The number of hydrogen-bond acceptors (Lipinski definition) is 5. The third-order valence-electron chi connectivity index (χ3n) is 4.95. The summed E-state index contributed by atoms with van der Waals surface area (Å²) in [7, 11) is -3.91. The fourth-order valence-electron chi connectivity index (χ4n) is 3.62. The number of hydrogen-bond donors (Lipinski definition) is 1. The summed E-state index contributed by atoms with van der Waals surface area (Å²) in [6.07, 6.45) is 2.68. The average molecular weight is 405 g/mol. The molecule has 0 aliphatic heterocycles. The third-order valence-corrected chi connectivity index (χ3v) is 6.74. The largest absolute Gasteiger partial charge is 0.465 e. The van der Waals surface area contributed by atoms with Gasteiger partial charge in [0.1, 0.15) is 10.7 Å². The van der Waals surface area contributed by atoms with Gasteiger partial charge in [-0.05, 0) is 67.5 Å². The van der Waals surface area contributed by atoms with Crippen molar-refractivity contribution in [1.82, 2.24) is 5.32 Å². The van der Waals surface area contributed by atoms with Gasteiger partial charge in [-0.1, -0.05) is 18.2 Å². The van der Waals surface area contributed by atoms with Gasteiger partial charge in [0.15, 0.2) is 0 Å². The monoisotopic (exact) mass is 405 g/mol. The Morgan fingerprint density at radius 3 is 2.79 bits per heavy atom. The topological polar surface area (TPSA) is 72.5 Å². The van der Waals surface area contributed by atoms with Crippen molar-refractivity contribution in [2.24, 2.45) is 0 Å². The fraction of sp³-hybridized carbons (Fsp3) is 0.381. The number of carbonyl (C=O) groups excluding carboxylic acids is 1. The molecule has 1 unspecified atom stereocenters. The van der Waals surface area contributed by atoms with Crippen LogP contribution in [0.3, 0.4) is 0 Å². The second kappa shape index (κ2) is 8.84. The number of benzene rings is 2. The van der Waals surface area contributed by atoms with E-state index >= 15 is 0 Å². The molecule has 1 atom stereocenters.